The summed E-state index contributed by atoms with van der Waals surface area (Å²) >= 11 is 0. The Bertz CT molecular complexity index is 1100. The van der Waals surface area contributed by atoms with Gasteiger partial charge in [0, 0.05) is 13.1 Å². The Hall–Kier alpha value is -3.41. The van der Waals surface area contributed by atoms with Crippen LogP contribution in [-0.4, -0.2) is 19.8 Å². The quantitative estimate of drug-likeness (QED) is 0.583. The predicted octanol–water partition coefficient (Wildman–Crippen LogP) is 2.60. The van der Waals surface area contributed by atoms with E-state index in [9.17, 15) is 4.79 Å². The zero-order chi connectivity index (χ0) is 16.8. The molecule has 6 nitrogen and oxygen atoms in total. The molecule has 3 heterocycles. The van der Waals surface area contributed by atoms with Crippen molar-refractivity contribution in [1.29, 1.82) is 0 Å². The number of H-pyrrole nitrogens is 1. The van der Waals surface area contributed by atoms with E-state index in [4.69, 9.17) is 0 Å². The number of hydrogen-bond acceptors (Lipinski definition) is 4. The summed E-state index contributed by atoms with van der Waals surface area (Å²) in [6.45, 7) is 1.46. The molecule has 0 bridgehead atoms. The molecule has 1 N–H and O–H groups in total. The largest absolute Gasteiger partial charge is 0.364 e. The van der Waals surface area contributed by atoms with Gasteiger partial charge in [-0.25, -0.2) is 9.89 Å². The second kappa shape index (κ2) is 5.31. The van der Waals surface area contributed by atoms with Crippen LogP contribution in [0, 0.1) is 0 Å². The van der Waals surface area contributed by atoms with Gasteiger partial charge in [-0.3, -0.25) is 0 Å². The fraction of sp³-hybridized carbons (Fsp3) is 0.105. The molecule has 0 aliphatic carbocycles. The number of nitrogens with zero attached hydrogens (tertiary/aromatic N) is 4. The highest BCUT2D eigenvalue weighted by molar-refractivity contribution is 5.73. The molecule has 0 fully saturated rings. The zero-order valence-corrected chi connectivity index (χ0v) is 13.4. The Morgan fingerprint density at radius 1 is 0.840 bits per heavy atom. The van der Waals surface area contributed by atoms with Crippen LogP contribution in [0.25, 0.3) is 16.8 Å². The molecule has 1 aliphatic heterocycles. The second-order valence-electron chi connectivity index (χ2n) is 6.16. The van der Waals surface area contributed by atoms with Gasteiger partial charge in [0.2, 0.25) is 0 Å². The van der Waals surface area contributed by atoms with Gasteiger partial charge in [-0.1, -0.05) is 48.5 Å². The van der Waals surface area contributed by atoms with Gasteiger partial charge in [0.05, 0.1) is 0 Å². The lowest BCUT2D eigenvalue weighted by Gasteiger charge is -2.22. The topological polar surface area (TPSA) is 66.3 Å². The SMILES string of the molecule is O=c1[nH]nc2ccc(N3Cc4ccccc4-c4ccccc4C3)nn12. The van der Waals surface area contributed by atoms with Gasteiger partial charge < -0.3 is 4.90 Å². The number of hydrogen-bond donors (Lipinski definition) is 1. The van der Waals surface area contributed by atoms with E-state index in [1.54, 1.807) is 0 Å². The molecule has 0 spiro atoms. The Kier molecular flexibility index (Phi) is 2.97. The highest BCUT2D eigenvalue weighted by atomic mass is 16.2. The van der Waals surface area contributed by atoms with Crippen molar-refractivity contribution in [2.45, 2.75) is 13.1 Å². The average molecular weight is 329 g/mol. The normalized spacial score (nSPS) is 13.4. The standard InChI is InChI=1S/C19H15N5O/c25-19-21-20-17-9-10-18(22-24(17)19)23-11-13-5-1-3-7-15(13)16-8-4-2-6-14(16)12-23/h1-10H,11-12H2,(H,21,25). The Labute approximate surface area is 143 Å². The van der Waals surface area contributed by atoms with Gasteiger partial charge >= 0.3 is 5.69 Å². The summed E-state index contributed by atoms with van der Waals surface area (Å²) in [6, 6.07) is 20.6. The predicted molar refractivity (Wildman–Crippen MR) is 95.4 cm³/mol. The molecule has 4 aromatic rings. The smallest absolute Gasteiger partial charge is 0.346 e. The van der Waals surface area contributed by atoms with Crippen LogP contribution in [0.15, 0.2) is 65.5 Å². The lowest BCUT2D eigenvalue weighted by Crippen LogP contribution is -2.24. The number of rotatable bonds is 1. The molecular weight excluding hydrogens is 314 g/mol. The minimum absolute atomic E-state index is 0.326. The molecule has 5 rings (SSSR count). The van der Waals surface area contributed by atoms with Crippen LogP contribution >= 0.6 is 0 Å². The van der Waals surface area contributed by atoms with Crippen LogP contribution in [0.1, 0.15) is 11.1 Å². The number of nitrogens with one attached hydrogen (secondary N) is 1. The molecular formula is C19H15N5O. The van der Waals surface area contributed by atoms with Crippen molar-refractivity contribution in [3.05, 3.63) is 82.3 Å². The first-order valence-electron chi connectivity index (χ1n) is 8.15. The molecule has 0 radical (unpaired) electrons. The zero-order valence-electron chi connectivity index (χ0n) is 13.4. The van der Waals surface area contributed by atoms with Gasteiger partial charge in [-0.05, 0) is 34.4 Å². The van der Waals surface area contributed by atoms with E-state index in [0.29, 0.717) is 5.65 Å². The van der Waals surface area contributed by atoms with Gasteiger partial charge in [-0.15, -0.1) is 5.10 Å². The molecule has 25 heavy (non-hydrogen) atoms. The fourth-order valence-corrected chi connectivity index (χ4v) is 3.43. The molecule has 122 valence electrons. The van der Waals surface area contributed by atoms with E-state index >= 15 is 0 Å². The van der Waals surface area contributed by atoms with Crippen molar-refractivity contribution in [3.63, 3.8) is 0 Å². The summed E-state index contributed by atoms with van der Waals surface area (Å²) in [4.78, 5) is 14.0. The summed E-state index contributed by atoms with van der Waals surface area (Å²) in [5, 5.41) is 10.8. The van der Waals surface area contributed by atoms with Crippen LogP contribution in [0.5, 0.6) is 0 Å². The summed E-state index contributed by atoms with van der Waals surface area (Å²) in [6.07, 6.45) is 0. The van der Waals surface area contributed by atoms with Crippen LogP contribution in [0.3, 0.4) is 0 Å². The minimum Gasteiger partial charge on any atom is -0.346 e. The fourth-order valence-electron chi connectivity index (χ4n) is 3.43. The van der Waals surface area contributed by atoms with Crippen molar-refractivity contribution in [1.82, 2.24) is 19.8 Å². The van der Waals surface area contributed by atoms with Gasteiger partial charge in [-0.2, -0.15) is 9.61 Å². The summed E-state index contributed by atoms with van der Waals surface area (Å²) in [5.74, 6) is 0.752. The maximum Gasteiger partial charge on any atom is 0.364 e. The van der Waals surface area contributed by atoms with E-state index in [-0.39, 0.29) is 5.69 Å². The molecule has 0 amide bonds. The third-order valence-corrected chi connectivity index (χ3v) is 4.63. The molecule has 2 aromatic carbocycles. The van der Waals surface area contributed by atoms with E-state index in [1.807, 2.05) is 12.1 Å². The van der Waals surface area contributed by atoms with Gasteiger partial charge in [0.25, 0.3) is 0 Å². The Morgan fingerprint density at radius 3 is 2.16 bits per heavy atom. The van der Waals surface area contributed by atoms with E-state index < -0.39 is 0 Å². The van der Waals surface area contributed by atoms with E-state index in [2.05, 4.69) is 68.7 Å². The molecule has 0 saturated heterocycles. The van der Waals surface area contributed by atoms with Gasteiger partial charge in [0.15, 0.2) is 5.65 Å². The maximum absolute atomic E-state index is 11.8. The number of anilines is 1. The lowest BCUT2D eigenvalue weighted by atomic mass is 9.97. The van der Waals surface area contributed by atoms with Crippen molar-refractivity contribution in [2.75, 3.05) is 4.90 Å². The highest BCUT2D eigenvalue weighted by Gasteiger charge is 2.20. The summed E-state index contributed by atoms with van der Waals surface area (Å²) in [7, 11) is 0. The first kappa shape index (κ1) is 14.0. The molecule has 0 unspecified atom stereocenters. The lowest BCUT2D eigenvalue weighted by molar-refractivity contribution is 0.760. The average Bonchev–Trinajstić information content (AvgIpc) is 2.93. The molecule has 0 saturated carbocycles. The number of fused-ring (bicyclic) bond motifs is 4. The number of aromatic amines is 1. The number of benzene rings is 2. The van der Waals surface area contributed by atoms with Crippen LogP contribution in [0.2, 0.25) is 0 Å². The van der Waals surface area contributed by atoms with Crippen molar-refractivity contribution in [2.24, 2.45) is 0 Å². The van der Waals surface area contributed by atoms with Crippen LogP contribution in [-0.2, 0) is 13.1 Å². The second-order valence-corrected chi connectivity index (χ2v) is 6.16. The first-order valence-corrected chi connectivity index (χ1v) is 8.15. The third kappa shape index (κ3) is 2.22. The van der Waals surface area contributed by atoms with Crippen LogP contribution < -0.4 is 10.6 Å². The Balaban J connectivity index is 1.68. The molecule has 2 aromatic heterocycles. The van der Waals surface area contributed by atoms with E-state index in [0.717, 1.165) is 18.9 Å². The summed E-state index contributed by atoms with van der Waals surface area (Å²) in [5.41, 5.74) is 5.18. The van der Waals surface area contributed by atoms with Crippen molar-refractivity contribution in [3.8, 4) is 11.1 Å². The molecule has 6 heteroatoms. The Morgan fingerprint density at radius 2 is 1.48 bits per heavy atom. The van der Waals surface area contributed by atoms with Crippen molar-refractivity contribution < 1.29 is 0 Å². The van der Waals surface area contributed by atoms with Gasteiger partial charge in [0.1, 0.15) is 5.82 Å². The highest BCUT2D eigenvalue weighted by Crippen LogP contribution is 2.33. The van der Waals surface area contributed by atoms with E-state index in [1.165, 1.54) is 26.8 Å². The maximum atomic E-state index is 11.8. The number of aromatic nitrogens is 4. The third-order valence-electron chi connectivity index (χ3n) is 4.63. The van der Waals surface area contributed by atoms with Crippen LogP contribution in [0.4, 0.5) is 5.82 Å². The first-order chi connectivity index (χ1) is 12.3. The molecule has 0 atom stereocenters. The minimum atomic E-state index is -0.326. The summed E-state index contributed by atoms with van der Waals surface area (Å²) < 4.78 is 1.30. The van der Waals surface area contributed by atoms with Crippen molar-refractivity contribution >= 4 is 11.5 Å². The monoisotopic (exact) mass is 329 g/mol. The molecule has 1 aliphatic rings.